The first kappa shape index (κ1) is 17.4. The number of fused-ring (bicyclic) bond motifs is 1. The minimum atomic E-state index is 0.518. The summed E-state index contributed by atoms with van der Waals surface area (Å²) in [5.74, 6) is 2.62. The van der Waals surface area contributed by atoms with Crippen molar-refractivity contribution in [1.29, 1.82) is 0 Å². The lowest BCUT2D eigenvalue weighted by Crippen LogP contribution is -2.26. The van der Waals surface area contributed by atoms with Crippen LogP contribution in [-0.2, 0) is 9.47 Å². The molecule has 2 fully saturated rings. The van der Waals surface area contributed by atoms with Crippen molar-refractivity contribution in [1.82, 2.24) is 15.0 Å². The highest BCUT2D eigenvalue weighted by Gasteiger charge is 2.18. The van der Waals surface area contributed by atoms with Crippen molar-refractivity contribution in [3.8, 4) is 0 Å². The highest BCUT2D eigenvalue weighted by atomic mass is 16.5. The van der Waals surface area contributed by atoms with E-state index in [0.29, 0.717) is 17.5 Å². The second kappa shape index (κ2) is 8.60. The third kappa shape index (κ3) is 4.40. The Morgan fingerprint density at radius 1 is 0.923 bits per heavy atom. The van der Waals surface area contributed by atoms with Crippen LogP contribution in [0.25, 0.3) is 11.2 Å². The topological polar surface area (TPSA) is 81.2 Å². The van der Waals surface area contributed by atoms with Gasteiger partial charge in [-0.1, -0.05) is 0 Å². The Labute approximate surface area is 153 Å². The number of nitrogens with one attached hydrogen (secondary N) is 2. The van der Waals surface area contributed by atoms with Gasteiger partial charge in [0.1, 0.15) is 5.52 Å². The second-order valence-corrected chi connectivity index (χ2v) is 7.20. The van der Waals surface area contributed by atoms with Gasteiger partial charge in [0.05, 0.1) is 13.2 Å². The first-order valence-corrected chi connectivity index (χ1v) is 9.64. The predicted molar refractivity (Wildman–Crippen MR) is 101 cm³/mol. The van der Waals surface area contributed by atoms with Crippen LogP contribution in [0.15, 0.2) is 18.3 Å². The van der Waals surface area contributed by atoms with Crippen molar-refractivity contribution in [3.63, 3.8) is 0 Å². The van der Waals surface area contributed by atoms with Crippen molar-refractivity contribution in [2.75, 3.05) is 50.2 Å². The summed E-state index contributed by atoms with van der Waals surface area (Å²) in [4.78, 5) is 13.8. The molecular formula is C19H27N5O2. The number of hydrogen-bond acceptors (Lipinski definition) is 7. The van der Waals surface area contributed by atoms with E-state index in [1.165, 1.54) is 12.8 Å². The van der Waals surface area contributed by atoms with Crippen molar-refractivity contribution in [2.45, 2.75) is 25.7 Å². The molecule has 0 saturated carbocycles. The van der Waals surface area contributed by atoms with Gasteiger partial charge in [-0.2, -0.15) is 0 Å². The van der Waals surface area contributed by atoms with Crippen molar-refractivity contribution in [2.24, 2.45) is 11.8 Å². The van der Waals surface area contributed by atoms with E-state index in [0.717, 1.165) is 69.5 Å². The normalized spacial score (nSPS) is 23.7. The van der Waals surface area contributed by atoms with Gasteiger partial charge in [-0.25, -0.2) is 15.0 Å². The molecule has 2 unspecified atom stereocenters. The molecule has 0 bridgehead atoms. The number of rotatable bonds is 6. The second-order valence-electron chi connectivity index (χ2n) is 7.20. The minimum absolute atomic E-state index is 0.518. The zero-order valence-corrected chi connectivity index (χ0v) is 15.1. The van der Waals surface area contributed by atoms with Gasteiger partial charge in [-0.15, -0.1) is 0 Å². The molecule has 7 heteroatoms. The number of hydrogen-bond donors (Lipinski definition) is 2. The molecular weight excluding hydrogens is 330 g/mol. The lowest BCUT2D eigenvalue weighted by atomic mass is 10.0. The Morgan fingerprint density at radius 2 is 1.58 bits per heavy atom. The smallest absolute Gasteiger partial charge is 0.180 e. The van der Waals surface area contributed by atoms with Crippen LogP contribution in [0, 0.1) is 11.8 Å². The third-order valence-corrected chi connectivity index (χ3v) is 5.07. The fourth-order valence-corrected chi connectivity index (χ4v) is 3.56. The molecule has 2 aliphatic heterocycles. The summed E-state index contributed by atoms with van der Waals surface area (Å²) in [5.41, 5.74) is 1.47. The van der Waals surface area contributed by atoms with E-state index in [4.69, 9.17) is 19.4 Å². The average molecular weight is 357 g/mol. The highest BCUT2D eigenvalue weighted by molar-refractivity contribution is 5.76. The SMILES string of the molecule is c1cnc2nc(NCC3CCCOC3)c(NCC3CCCOC3)nc2c1. The first-order valence-electron chi connectivity index (χ1n) is 9.64. The minimum Gasteiger partial charge on any atom is -0.381 e. The molecule has 4 heterocycles. The maximum atomic E-state index is 5.58. The Hall–Kier alpha value is -1.99. The quantitative estimate of drug-likeness (QED) is 0.822. The van der Waals surface area contributed by atoms with Crippen molar-refractivity contribution in [3.05, 3.63) is 18.3 Å². The monoisotopic (exact) mass is 357 g/mol. The molecule has 7 nitrogen and oxygen atoms in total. The van der Waals surface area contributed by atoms with Gasteiger partial charge in [0.2, 0.25) is 0 Å². The van der Waals surface area contributed by atoms with Crippen LogP contribution in [0.3, 0.4) is 0 Å². The Morgan fingerprint density at radius 3 is 2.19 bits per heavy atom. The molecule has 0 amide bonds. The van der Waals surface area contributed by atoms with Crippen LogP contribution in [0.2, 0.25) is 0 Å². The Bertz CT molecular complexity index is 654. The van der Waals surface area contributed by atoms with Crippen LogP contribution >= 0.6 is 0 Å². The fourth-order valence-electron chi connectivity index (χ4n) is 3.56. The molecule has 0 spiro atoms. The number of anilines is 2. The number of ether oxygens (including phenoxy) is 2. The zero-order chi connectivity index (χ0) is 17.6. The van der Waals surface area contributed by atoms with E-state index >= 15 is 0 Å². The summed E-state index contributed by atoms with van der Waals surface area (Å²) in [6.07, 6.45) is 6.39. The summed E-state index contributed by atoms with van der Waals surface area (Å²) in [7, 11) is 0. The van der Waals surface area contributed by atoms with Gasteiger partial charge < -0.3 is 20.1 Å². The molecule has 4 rings (SSSR count). The van der Waals surface area contributed by atoms with Gasteiger partial charge in [-0.3, -0.25) is 0 Å². The van der Waals surface area contributed by atoms with Crippen LogP contribution < -0.4 is 10.6 Å². The molecule has 140 valence electrons. The summed E-state index contributed by atoms with van der Waals surface area (Å²) < 4.78 is 11.2. The lowest BCUT2D eigenvalue weighted by molar-refractivity contribution is 0.0593. The predicted octanol–water partition coefficient (Wildman–Crippen LogP) is 2.70. The molecule has 2 N–H and O–H groups in total. The molecule has 0 radical (unpaired) electrons. The molecule has 2 aromatic heterocycles. The summed E-state index contributed by atoms with van der Waals surface area (Å²) in [5, 5.41) is 6.96. The molecule has 0 aromatic carbocycles. The third-order valence-electron chi connectivity index (χ3n) is 5.07. The maximum Gasteiger partial charge on any atom is 0.180 e. The number of pyridine rings is 1. The summed E-state index contributed by atoms with van der Waals surface area (Å²) in [6.45, 7) is 5.09. The number of aromatic nitrogens is 3. The maximum absolute atomic E-state index is 5.58. The molecule has 2 aromatic rings. The first-order chi connectivity index (χ1) is 12.9. The van der Waals surface area contributed by atoms with Crippen molar-refractivity contribution < 1.29 is 9.47 Å². The largest absolute Gasteiger partial charge is 0.381 e. The van der Waals surface area contributed by atoms with Crippen LogP contribution in [0.5, 0.6) is 0 Å². The number of nitrogens with zero attached hydrogens (tertiary/aromatic N) is 3. The molecule has 0 aliphatic carbocycles. The standard InChI is InChI=1S/C19H27N5O2/c1-6-16-17(20-7-1)24-19(22-11-15-5-3-9-26-13-15)18(23-16)21-10-14-4-2-8-25-12-14/h1,6-7,14-15H,2-5,8-13H2,(H,21,23)(H,20,22,24). The zero-order valence-electron chi connectivity index (χ0n) is 15.1. The van der Waals surface area contributed by atoms with Gasteiger partial charge in [0, 0.05) is 32.5 Å². The van der Waals surface area contributed by atoms with Crippen LogP contribution in [0.4, 0.5) is 11.6 Å². The molecule has 26 heavy (non-hydrogen) atoms. The molecule has 2 atom stereocenters. The van der Waals surface area contributed by atoms with Gasteiger partial charge in [0.15, 0.2) is 17.3 Å². The van der Waals surface area contributed by atoms with Crippen LogP contribution in [0.1, 0.15) is 25.7 Å². The molecule has 2 saturated heterocycles. The van der Waals surface area contributed by atoms with Gasteiger partial charge in [-0.05, 0) is 49.7 Å². The van der Waals surface area contributed by atoms with E-state index in [2.05, 4.69) is 15.6 Å². The van der Waals surface area contributed by atoms with E-state index in [1.807, 2.05) is 12.1 Å². The lowest BCUT2D eigenvalue weighted by Gasteiger charge is -2.24. The van der Waals surface area contributed by atoms with E-state index in [1.54, 1.807) is 6.20 Å². The molecule has 2 aliphatic rings. The summed E-state index contributed by atoms with van der Waals surface area (Å²) in [6, 6.07) is 3.84. The van der Waals surface area contributed by atoms with E-state index in [9.17, 15) is 0 Å². The average Bonchev–Trinajstić information content (AvgIpc) is 2.72. The summed E-state index contributed by atoms with van der Waals surface area (Å²) >= 11 is 0. The van der Waals surface area contributed by atoms with Gasteiger partial charge >= 0.3 is 0 Å². The Kier molecular flexibility index (Phi) is 5.76. The Balaban J connectivity index is 1.48. The van der Waals surface area contributed by atoms with Gasteiger partial charge in [0.25, 0.3) is 0 Å². The fraction of sp³-hybridized carbons (Fsp3) is 0.632. The highest BCUT2D eigenvalue weighted by Crippen LogP contribution is 2.23. The van der Waals surface area contributed by atoms with E-state index in [-0.39, 0.29) is 0 Å². The van der Waals surface area contributed by atoms with Crippen molar-refractivity contribution >= 4 is 22.8 Å². The van der Waals surface area contributed by atoms with E-state index < -0.39 is 0 Å². The van der Waals surface area contributed by atoms with Crippen LogP contribution in [-0.4, -0.2) is 54.5 Å².